The van der Waals surface area contributed by atoms with E-state index in [1.807, 2.05) is 42.5 Å². The van der Waals surface area contributed by atoms with E-state index in [2.05, 4.69) is 43.1 Å². The fourth-order valence-corrected chi connectivity index (χ4v) is 7.22. The Morgan fingerprint density at radius 2 is 0.971 bits per heavy atom. The summed E-state index contributed by atoms with van der Waals surface area (Å²) in [6.07, 6.45) is 1.27. The third kappa shape index (κ3) is 7.91. The van der Waals surface area contributed by atoms with Crippen molar-refractivity contribution in [2.45, 2.75) is 0 Å². The predicted octanol–water partition coefficient (Wildman–Crippen LogP) is 6.77. The molecular weight excluding hydrogens is 542 g/mol. The Bertz CT molecular complexity index is 1260. The zero-order valence-electron chi connectivity index (χ0n) is 18.7. The number of rotatable bonds is 5. The second-order valence-corrected chi connectivity index (χ2v) is 13.8. The minimum absolute atomic E-state index is 0.641. The predicted molar refractivity (Wildman–Crippen MR) is 151 cm³/mol. The van der Waals surface area contributed by atoms with Crippen LogP contribution in [0.2, 0.25) is 15.1 Å². The highest BCUT2D eigenvalue weighted by atomic mass is 35.5. The first kappa shape index (κ1) is 27.4. The topological polar surface area (TPSA) is 57.2 Å². The van der Waals surface area contributed by atoms with Crippen molar-refractivity contribution in [3.05, 3.63) is 129 Å². The van der Waals surface area contributed by atoms with Crippen molar-refractivity contribution >= 4 is 74.2 Å². The van der Waals surface area contributed by atoms with Crippen LogP contribution in [0.1, 0.15) is 5.56 Å². The lowest BCUT2D eigenvalue weighted by Crippen LogP contribution is -2.30. The first-order chi connectivity index (χ1) is 16.6. The standard InChI is InChI=1S/C19H15Cl3P.C8H8O3S/c1-23(17-8-2-14(20)3-9-17,18-10-4-15(21)5-11-18)19-12-6-16(22)7-13-19;9-12(10,11)7-6-8-4-2-1-3-5-8/h2-13H,1H3;1-7H,(H,9,10,11)/q+1;/p-1. The van der Waals surface area contributed by atoms with E-state index in [-0.39, 0.29) is 0 Å². The summed E-state index contributed by atoms with van der Waals surface area (Å²) in [5, 5.41) is 6.68. The van der Waals surface area contributed by atoms with Crippen LogP contribution in [-0.4, -0.2) is 19.6 Å². The van der Waals surface area contributed by atoms with Crippen LogP contribution in [0, 0.1) is 0 Å². The van der Waals surface area contributed by atoms with Gasteiger partial charge in [0.05, 0.1) is 6.66 Å². The van der Waals surface area contributed by atoms with Crippen LogP contribution in [0.5, 0.6) is 0 Å². The van der Waals surface area contributed by atoms with Crippen molar-refractivity contribution in [2.75, 3.05) is 6.66 Å². The second-order valence-electron chi connectivity index (χ2n) is 7.64. The molecule has 0 aliphatic rings. The number of hydrogen-bond donors (Lipinski definition) is 0. The molecule has 3 nitrogen and oxygen atoms in total. The van der Waals surface area contributed by atoms with Crippen LogP contribution < -0.4 is 15.9 Å². The lowest BCUT2D eigenvalue weighted by molar-refractivity contribution is 0.474. The Hall–Kier alpha value is -2.17. The molecule has 0 aliphatic heterocycles. The maximum atomic E-state index is 10.2. The molecule has 0 saturated carbocycles. The molecule has 0 spiro atoms. The molecule has 4 aromatic rings. The Kier molecular flexibility index (Phi) is 9.54. The molecule has 180 valence electrons. The third-order valence-corrected chi connectivity index (χ3v) is 10.5. The number of halogens is 3. The van der Waals surface area contributed by atoms with E-state index in [0.29, 0.717) is 11.0 Å². The third-order valence-electron chi connectivity index (χ3n) is 5.26. The normalized spacial score (nSPS) is 11.7. The molecule has 4 aromatic carbocycles. The molecule has 35 heavy (non-hydrogen) atoms. The van der Waals surface area contributed by atoms with E-state index in [0.717, 1.165) is 15.1 Å². The fourth-order valence-electron chi connectivity index (χ4n) is 3.39. The largest absolute Gasteiger partial charge is 0.744 e. The molecule has 0 bridgehead atoms. The van der Waals surface area contributed by atoms with Crippen LogP contribution >= 0.6 is 42.1 Å². The Morgan fingerprint density at radius 1 is 0.629 bits per heavy atom. The molecule has 0 atom stereocenters. The summed E-state index contributed by atoms with van der Waals surface area (Å²) in [5.74, 6) is 0. The fraction of sp³-hybridized carbons (Fsp3) is 0.0370. The zero-order chi connectivity index (χ0) is 25.5. The molecule has 0 aliphatic carbocycles. The average Bonchev–Trinajstić information content (AvgIpc) is 2.84. The van der Waals surface area contributed by atoms with E-state index in [9.17, 15) is 13.0 Å². The molecule has 0 heterocycles. The minimum atomic E-state index is -4.25. The maximum Gasteiger partial charge on any atom is 0.117 e. The summed E-state index contributed by atoms with van der Waals surface area (Å²) < 4.78 is 30.5. The molecular formula is C27H22Cl3O3PS. The molecule has 0 fully saturated rings. The van der Waals surface area contributed by atoms with E-state index in [1.165, 1.54) is 22.0 Å². The minimum Gasteiger partial charge on any atom is -0.744 e. The maximum absolute atomic E-state index is 10.2. The van der Waals surface area contributed by atoms with Gasteiger partial charge in [-0.2, -0.15) is 0 Å². The highest BCUT2D eigenvalue weighted by Gasteiger charge is 2.40. The van der Waals surface area contributed by atoms with Crippen molar-refractivity contribution in [1.82, 2.24) is 0 Å². The van der Waals surface area contributed by atoms with Crippen LogP contribution in [0.4, 0.5) is 0 Å². The summed E-state index contributed by atoms with van der Waals surface area (Å²) in [5.41, 5.74) is 0.692. The smallest absolute Gasteiger partial charge is 0.117 e. The molecule has 0 N–H and O–H groups in total. The van der Waals surface area contributed by atoms with Crippen molar-refractivity contribution in [2.24, 2.45) is 0 Å². The van der Waals surface area contributed by atoms with E-state index >= 15 is 0 Å². The summed E-state index contributed by atoms with van der Waals surface area (Å²) in [6.45, 7) is 2.31. The number of hydrogen-bond acceptors (Lipinski definition) is 3. The highest BCUT2D eigenvalue weighted by molar-refractivity contribution is 7.95. The van der Waals surface area contributed by atoms with Crippen LogP contribution in [-0.2, 0) is 10.1 Å². The van der Waals surface area contributed by atoms with Gasteiger partial charge >= 0.3 is 0 Å². The van der Waals surface area contributed by atoms with Crippen molar-refractivity contribution < 1.29 is 13.0 Å². The van der Waals surface area contributed by atoms with Gasteiger partial charge in [0.2, 0.25) is 0 Å². The van der Waals surface area contributed by atoms with Crippen molar-refractivity contribution in [3.8, 4) is 0 Å². The van der Waals surface area contributed by atoms with Gasteiger partial charge in [0, 0.05) is 20.5 Å². The SMILES string of the molecule is C[P+](c1ccc(Cl)cc1)(c1ccc(Cl)cc1)c1ccc(Cl)cc1.O=S(=O)([O-])C=Cc1ccccc1. The van der Waals surface area contributed by atoms with Gasteiger partial charge in [0.25, 0.3) is 0 Å². The van der Waals surface area contributed by atoms with Gasteiger partial charge in [0.15, 0.2) is 0 Å². The van der Waals surface area contributed by atoms with Crippen LogP contribution in [0.15, 0.2) is 109 Å². The molecule has 8 heteroatoms. The number of benzene rings is 4. The summed E-state index contributed by atoms with van der Waals surface area (Å²) in [6, 6.07) is 33.1. The molecule has 0 radical (unpaired) electrons. The van der Waals surface area contributed by atoms with Gasteiger partial charge in [-0.25, -0.2) is 8.42 Å². The van der Waals surface area contributed by atoms with E-state index in [4.69, 9.17) is 34.8 Å². The van der Waals surface area contributed by atoms with Gasteiger partial charge in [-0.1, -0.05) is 65.1 Å². The lowest BCUT2D eigenvalue weighted by Gasteiger charge is -2.23. The summed E-state index contributed by atoms with van der Waals surface area (Å²) >= 11 is 18.2. The first-order valence-corrected chi connectivity index (χ1v) is 15.3. The van der Waals surface area contributed by atoms with Gasteiger partial charge in [-0.05, 0) is 84.4 Å². The molecule has 0 saturated heterocycles. The second kappa shape index (κ2) is 12.2. The van der Waals surface area contributed by atoms with Gasteiger partial charge in [-0.3, -0.25) is 0 Å². The van der Waals surface area contributed by atoms with Crippen molar-refractivity contribution in [3.63, 3.8) is 0 Å². The van der Waals surface area contributed by atoms with Gasteiger partial charge < -0.3 is 4.55 Å². The van der Waals surface area contributed by atoms with Crippen LogP contribution in [0.3, 0.4) is 0 Å². The quantitative estimate of drug-likeness (QED) is 0.199. The first-order valence-electron chi connectivity index (χ1n) is 10.4. The lowest BCUT2D eigenvalue weighted by atomic mass is 10.2. The Labute approximate surface area is 222 Å². The summed E-state index contributed by atoms with van der Waals surface area (Å²) in [7, 11) is -6.01. The molecule has 4 rings (SSSR count). The van der Waals surface area contributed by atoms with Gasteiger partial charge in [-0.15, -0.1) is 0 Å². The van der Waals surface area contributed by atoms with E-state index in [1.54, 1.807) is 24.3 Å². The summed E-state index contributed by atoms with van der Waals surface area (Å²) in [4.78, 5) is 0. The zero-order valence-corrected chi connectivity index (χ0v) is 22.7. The Morgan fingerprint density at radius 3 is 1.29 bits per heavy atom. The molecule has 0 unspecified atom stereocenters. The van der Waals surface area contributed by atoms with Crippen molar-refractivity contribution in [1.29, 1.82) is 0 Å². The Balaban J connectivity index is 0.000000241. The molecule has 0 amide bonds. The highest BCUT2D eigenvalue weighted by Crippen LogP contribution is 2.51. The monoisotopic (exact) mass is 562 g/mol. The van der Waals surface area contributed by atoms with Crippen LogP contribution in [0.25, 0.3) is 6.08 Å². The molecule has 0 aromatic heterocycles. The average molecular weight is 564 g/mol. The van der Waals surface area contributed by atoms with Gasteiger partial charge in [0.1, 0.15) is 33.3 Å². The van der Waals surface area contributed by atoms with E-state index < -0.39 is 17.4 Å².